The number of carbonyl (C=O) groups excluding carboxylic acids is 4. The Labute approximate surface area is 245 Å². The number of hydrogen-bond acceptors (Lipinski definition) is 10. The van der Waals surface area contributed by atoms with Crippen LogP contribution < -0.4 is 10.6 Å². The highest BCUT2D eigenvalue weighted by Gasteiger charge is 2.43. The van der Waals surface area contributed by atoms with Crippen molar-refractivity contribution in [1.29, 1.82) is 0 Å². The number of nitrogens with zero attached hydrogens (tertiary/aromatic N) is 2. The van der Waals surface area contributed by atoms with Crippen molar-refractivity contribution in [2.24, 2.45) is 10.9 Å². The summed E-state index contributed by atoms with van der Waals surface area (Å²) in [5, 5.41) is 5.65. The summed E-state index contributed by atoms with van der Waals surface area (Å²) < 4.78 is 16.8. The van der Waals surface area contributed by atoms with Crippen LogP contribution in [0.4, 0.5) is 0 Å². The summed E-state index contributed by atoms with van der Waals surface area (Å²) >= 11 is 1.29. The van der Waals surface area contributed by atoms with Gasteiger partial charge in [0.2, 0.25) is 17.7 Å². The molecule has 0 radical (unpaired) electrons. The maximum Gasteiger partial charge on any atom is 0.329 e. The lowest BCUT2D eigenvalue weighted by Crippen LogP contribution is -2.53. The molecule has 0 aliphatic carbocycles. The van der Waals surface area contributed by atoms with Crippen molar-refractivity contribution in [2.75, 3.05) is 12.4 Å². The van der Waals surface area contributed by atoms with Gasteiger partial charge in [-0.05, 0) is 31.8 Å². The van der Waals surface area contributed by atoms with Crippen molar-refractivity contribution in [3.05, 3.63) is 30.0 Å². The molecule has 12 heteroatoms. The van der Waals surface area contributed by atoms with Gasteiger partial charge < -0.3 is 24.5 Å². The van der Waals surface area contributed by atoms with Crippen LogP contribution in [0.15, 0.2) is 27.8 Å². The Bertz CT molecular complexity index is 1130. The van der Waals surface area contributed by atoms with Gasteiger partial charge in [-0.15, -0.1) is 0 Å². The van der Waals surface area contributed by atoms with Crippen molar-refractivity contribution in [2.45, 2.75) is 103 Å². The van der Waals surface area contributed by atoms with E-state index in [0.717, 1.165) is 19.3 Å². The molecular formula is C29H42N4O7S. The Morgan fingerprint density at radius 1 is 1.22 bits per heavy atom. The number of nitrogens with one attached hydrogen (secondary N) is 2. The molecular weight excluding hydrogens is 548 g/mol. The molecule has 0 fully saturated rings. The Kier molecular flexibility index (Phi) is 12.4. The van der Waals surface area contributed by atoms with Crippen LogP contribution in [0.5, 0.6) is 0 Å². The van der Waals surface area contributed by atoms with Gasteiger partial charge in [0.1, 0.15) is 25.0 Å². The van der Waals surface area contributed by atoms with E-state index < -0.39 is 29.6 Å². The summed E-state index contributed by atoms with van der Waals surface area (Å²) in [6, 6.07) is -0.963. The van der Waals surface area contributed by atoms with E-state index in [9.17, 15) is 19.2 Å². The predicted octanol–water partition coefficient (Wildman–Crippen LogP) is 3.85. The van der Waals surface area contributed by atoms with Gasteiger partial charge in [-0.3, -0.25) is 14.4 Å². The third-order valence-electron chi connectivity index (χ3n) is 6.78. The van der Waals surface area contributed by atoms with E-state index in [-0.39, 0.29) is 48.3 Å². The molecule has 3 heterocycles. The van der Waals surface area contributed by atoms with Gasteiger partial charge in [-0.25, -0.2) is 14.8 Å². The maximum absolute atomic E-state index is 13.2. The smallest absolute Gasteiger partial charge is 0.329 e. The molecule has 4 bridgehead atoms. The van der Waals surface area contributed by atoms with Crippen molar-refractivity contribution < 1.29 is 33.1 Å². The number of thioether (sulfide) groups is 1. The van der Waals surface area contributed by atoms with Gasteiger partial charge in [0.05, 0.1) is 13.0 Å². The largest absolute Gasteiger partial charge is 0.473 e. The van der Waals surface area contributed by atoms with Crippen LogP contribution in [0.2, 0.25) is 0 Å². The number of aromatic nitrogens is 1. The molecule has 0 saturated carbocycles. The first-order chi connectivity index (χ1) is 19.6. The second kappa shape index (κ2) is 15.7. The first-order valence-electron chi connectivity index (χ1n) is 14.4. The zero-order chi connectivity index (χ0) is 29.8. The average Bonchev–Trinajstić information content (AvgIpc) is 3.56. The molecule has 3 rings (SSSR count). The van der Waals surface area contributed by atoms with Gasteiger partial charge in [-0.2, -0.15) is 0 Å². The monoisotopic (exact) mass is 590 g/mol. The first kappa shape index (κ1) is 32.4. The summed E-state index contributed by atoms with van der Waals surface area (Å²) in [4.78, 5) is 60.0. The zero-order valence-electron chi connectivity index (χ0n) is 24.4. The van der Waals surface area contributed by atoms with E-state index in [0.29, 0.717) is 24.3 Å². The molecule has 3 unspecified atom stereocenters. The van der Waals surface area contributed by atoms with E-state index in [1.165, 1.54) is 30.9 Å². The second-order valence-corrected chi connectivity index (χ2v) is 12.0. The fourth-order valence-corrected chi connectivity index (χ4v) is 5.03. The molecule has 3 atom stereocenters. The molecule has 2 N–H and O–H groups in total. The number of aliphatic imine (C=N–C) groups is 1. The Morgan fingerprint density at radius 3 is 2.76 bits per heavy atom. The lowest BCUT2D eigenvalue weighted by atomic mass is 10.00. The molecule has 1 aromatic heterocycles. The number of ether oxygens (including phenoxy) is 2. The number of unbranched alkanes of at least 4 members (excludes halogenated alkanes) is 4. The van der Waals surface area contributed by atoms with E-state index in [1.807, 2.05) is 6.08 Å². The lowest BCUT2D eigenvalue weighted by molar-refractivity contribution is -0.153. The average molecular weight is 591 g/mol. The summed E-state index contributed by atoms with van der Waals surface area (Å²) in [5.74, 6) is -0.830. The molecule has 226 valence electrons. The van der Waals surface area contributed by atoms with Gasteiger partial charge in [0, 0.05) is 12.2 Å². The molecule has 41 heavy (non-hydrogen) atoms. The van der Waals surface area contributed by atoms with E-state index in [2.05, 4.69) is 27.5 Å². The summed E-state index contributed by atoms with van der Waals surface area (Å²) in [7, 11) is 0. The zero-order valence-corrected chi connectivity index (χ0v) is 25.2. The number of amides is 2. The second-order valence-electron chi connectivity index (χ2n) is 10.9. The van der Waals surface area contributed by atoms with Crippen LogP contribution in [-0.4, -0.2) is 63.8 Å². The van der Waals surface area contributed by atoms with Gasteiger partial charge in [-0.1, -0.05) is 64.3 Å². The highest BCUT2D eigenvalue weighted by Crippen LogP contribution is 2.23. The Morgan fingerprint density at radius 2 is 2.00 bits per heavy atom. The minimum atomic E-state index is -1.27. The predicted molar refractivity (Wildman–Crippen MR) is 155 cm³/mol. The quantitative estimate of drug-likeness (QED) is 0.223. The SMILES string of the molecule is CCCCCCCC(=O)SCCC=CC1CC(=O)NCc2nc(co2)C2=NC(C)(CO2)C(=O)NC(C(C)C)C(=O)O1. The number of allylic oxidation sites excluding steroid dienone is 1. The molecule has 0 saturated heterocycles. The van der Waals surface area contributed by atoms with Crippen molar-refractivity contribution in [3.63, 3.8) is 0 Å². The van der Waals surface area contributed by atoms with Gasteiger partial charge in [0.25, 0.3) is 5.91 Å². The number of carbonyl (C=O) groups is 4. The summed E-state index contributed by atoms with van der Waals surface area (Å²) in [6.07, 6.45) is 10.5. The number of oxazole rings is 1. The molecule has 0 aromatic carbocycles. The molecule has 1 aromatic rings. The summed E-state index contributed by atoms with van der Waals surface area (Å²) in [5.41, 5.74) is -0.955. The minimum Gasteiger partial charge on any atom is -0.473 e. The maximum atomic E-state index is 13.2. The van der Waals surface area contributed by atoms with Crippen LogP contribution in [-0.2, 0) is 35.2 Å². The number of fused-ring (bicyclic) bond motifs is 4. The third kappa shape index (κ3) is 10.0. The van der Waals surface area contributed by atoms with Crippen LogP contribution in [0, 0.1) is 5.92 Å². The van der Waals surface area contributed by atoms with Crippen LogP contribution >= 0.6 is 11.8 Å². The van der Waals surface area contributed by atoms with Crippen LogP contribution in [0.25, 0.3) is 0 Å². The molecule has 2 aliphatic rings. The molecule has 11 nitrogen and oxygen atoms in total. The molecule has 0 spiro atoms. The number of rotatable bonds is 11. The van der Waals surface area contributed by atoms with Crippen molar-refractivity contribution >= 4 is 40.6 Å². The number of esters is 1. The number of hydrogen-bond donors (Lipinski definition) is 2. The molecule has 2 amide bonds. The number of cyclic esters (lactones) is 1. The Balaban J connectivity index is 1.66. The highest BCUT2D eigenvalue weighted by molar-refractivity contribution is 8.13. The normalized spacial score (nSPS) is 23.6. The van der Waals surface area contributed by atoms with E-state index >= 15 is 0 Å². The van der Waals surface area contributed by atoms with Crippen LogP contribution in [0.3, 0.4) is 0 Å². The Hall–Kier alpha value is -3.15. The first-order valence-corrected chi connectivity index (χ1v) is 15.4. The molecule has 2 aliphatic heterocycles. The van der Waals surface area contributed by atoms with E-state index in [1.54, 1.807) is 26.8 Å². The fourth-order valence-electron chi connectivity index (χ4n) is 4.26. The van der Waals surface area contributed by atoms with Crippen molar-refractivity contribution in [1.82, 2.24) is 15.6 Å². The van der Waals surface area contributed by atoms with E-state index in [4.69, 9.17) is 13.9 Å². The fraction of sp³-hybridized carbons (Fsp3) is 0.655. The standard InChI is InChI=1S/C29H42N4O7S/c1-5-6-7-8-9-13-24(35)41-14-11-10-12-20-15-22(34)30-16-23-31-21(17-38-23)26-33-29(4,18-39-26)28(37)32-25(19(2)3)27(36)40-20/h10,12,17,19-20,25H,5-9,11,13-16,18H2,1-4H3,(H,30,34)(H,32,37). The minimum absolute atomic E-state index is 0.0140. The van der Waals surface area contributed by atoms with Crippen LogP contribution in [0.1, 0.15) is 90.6 Å². The van der Waals surface area contributed by atoms with Gasteiger partial charge >= 0.3 is 5.97 Å². The third-order valence-corrected chi connectivity index (χ3v) is 7.75. The van der Waals surface area contributed by atoms with Crippen molar-refractivity contribution in [3.8, 4) is 0 Å². The topological polar surface area (TPSA) is 149 Å². The lowest BCUT2D eigenvalue weighted by Gasteiger charge is -2.26. The van der Waals surface area contributed by atoms with Gasteiger partial charge in [0.15, 0.2) is 16.3 Å². The summed E-state index contributed by atoms with van der Waals surface area (Å²) in [6.45, 7) is 7.34. The highest BCUT2D eigenvalue weighted by atomic mass is 32.2.